The molecule has 0 bridgehead atoms. The number of rotatable bonds is 4. The van der Waals surface area contributed by atoms with Crippen molar-refractivity contribution in [1.82, 2.24) is 19.6 Å². The smallest absolute Gasteiger partial charge is 0.274 e. The first-order valence-corrected chi connectivity index (χ1v) is 11.8. The molecule has 4 aromatic rings. The van der Waals surface area contributed by atoms with Crippen LogP contribution < -0.4 is 10.9 Å². The Morgan fingerprint density at radius 3 is 2.69 bits per heavy atom. The van der Waals surface area contributed by atoms with Gasteiger partial charge >= 0.3 is 0 Å². The Labute approximate surface area is 202 Å². The van der Waals surface area contributed by atoms with E-state index < -0.39 is 29.1 Å². The number of hydrogen-bond donors (Lipinski definition) is 1. The number of halogens is 2. The predicted octanol–water partition coefficient (Wildman–Crippen LogP) is 3.72. The number of benzene rings is 2. The predicted molar refractivity (Wildman–Crippen MR) is 126 cm³/mol. The molecule has 0 saturated carbocycles. The Balaban J connectivity index is 1.41. The highest BCUT2D eigenvalue weighted by molar-refractivity contribution is 7.15. The van der Waals surface area contributed by atoms with Gasteiger partial charge in [0.05, 0.1) is 6.04 Å². The molecule has 0 spiro atoms. The highest BCUT2D eigenvalue weighted by Crippen LogP contribution is 2.25. The van der Waals surface area contributed by atoms with Gasteiger partial charge < -0.3 is 10.2 Å². The first-order chi connectivity index (χ1) is 16.8. The summed E-state index contributed by atoms with van der Waals surface area (Å²) in [6.07, 6.45) is 2.23. The van der Waals surface area contributed by atoms with E-state index in [4.69, 9.17) is 0 Å². The Hall–Kier alpha value is -3.92. The lowest BCUT2D eigenvalue weighted by atomic mass is 9.94. The molecule has 3 heterocycles. The Kier molecular flexibility index (Phi) is 5.89. The molecule has 2 aromatic heterocycles. The van der Waals surface area contributed by atoms with Crippen LogP contribution in [0.3, 0.4) is 0 Å². The van der Waals surface area contributed by atoms with Crippen LogP contribution in [0.4, 0.5) is 8.78 Å². The van der Waals surface area contributed by atoms with Gasteiger partial charge in [-0.2, -0.15) is 4.98 Å². The molecular weight excluding hydrogens is 474 g/mol. The average molecular weight is 495 g/mol. The van der Waals surface area contributed by atoms with Crippen LogP contribution >= 0.6 is 11.3 Å². The van der Waals surface area contributed by atoms with Gasteiger partial charge in [0.25, 0.3) is 17.4 Å². The maximum absolute atomic E-state index is 13.6. The van der Waals surface area contributed by atoms with Crippen LogP contribution in [0.15, 0.2) is 58.8 Å². The van der Waals surface area contributed by atoms with E-state index in [0.29, 0.717) is 34.6 Å². The van der Waals surface area contributed by atoms with Crippen molar-refractivity contribution in [1.29, 1.82) is 0 Å². The van der Waals surface area contributed by atoms with E-state index in [1.807, 2.05) is 6.07 Å². The van der Waals surface area contributed by atoms with Gasteiger partial charge in [0, 0.05) is 42.4 Å². The lowest BCUT2D eigenvalue weighted by Gasteiger charge is -2.30. The molecule has 2 amide bonds. The van der Waals surface area contributed by atoms with Gasteiger partial charge in [-0.25, -0.2) is 8.78 Å². The monoisotopic (exact) mass is 494 g/mol. The summed E-state index contributed by atoms with van der Waals surface area (Å²) in [7, 11) is 0. The summed E-state index contributed by atoms with van der Waals surface area (Å²) in [5.74, 6) is -2.18. The number of fused-ring (bicyclic) bond motifs is 2. The van der Waals surface area contributed by atoms with Gasteiger partial charge in [0.1, 0.15) is 17.3 Å². The molecular formula is C25H20F2N4O3S. The van der Waals surface area contributed by atoms with Crippen LogP contribution in [0.25, 0.3) is 4.96 Å². The fourth-order valence-electron chi connectivity index (χ4n) is 4.33. The van der Waals surface area contributed by atoms with Crippen LogP contribution in [0.2, 0.25) is 0 Å². The molecule has 1 aliphatic rings. The summed E-state index contributed by atoms with van der Waals surface area (Å²) in [6, 6.07) is 9.05. The minimum Gasteiger partial charge on any atom is -0.346 e. The molecule has 178 valence electrons. The number of carbonyl (C=O) groups excluding carboxylic acids is 2. The van der Waals surface area contributed by atoms with Crippen LogP contribution in [0.5, 0.6) is 0 Å². The normalized spacial score (nSPS) is 14.0. The quantitative estimate of drug-likeness (QED) is 0.469. The number of nitrogens with one attached hydrogen (secondary N) is 1. The highest BCUT2D eigenvalue weighted by Gasteiger charge is 2.27. The Morgan fingerprint density at radius 1 is 1.14 bits per heavy atom. The van der Waals surface area contributed by atoms with Crippen molar-refractivity contribution in [2.24, 2.45) is 0 Å². The number of carbonyl (C=O) groups is 2. The number of hydrogen-bond acceptors (Lipinski definition) is 5. The fourth-order valence-corrected chi connectivity index (χ4v) is 5.05. The molecule has 10 heteroatoms. The minimum absolute atomic E-state index is 0.184. The molecule has 0 radical (unpaired) electrons. The van der Waals surface area contributed by atoms with Crippen LogP contribution in [0.1, 0.15) is 50.5 Å². The zero-order valence-corrected chi connectivity index (χ0v) is 19.4. The van der Waals surface area contributed by atoms with E-state index in [0.717, 1.165) is 11.6 Å². The van der Waals surface area contributed by atoms with Crippen LogP contribution in [-0.2, 0) is 13.0 Å². The van der Waals surface area contributed by atoms with E-state index in [-0.39, 0.29) is 18.1 Å². The van der Waals surface area contributed by atoms with Gasteiger partial charge in [-0.15, -0.1) is 11.3 Å². The summed E-state index contributed by atoms with van der Waals surface area (Å²) in [6.45, 7) is 2.26. The van der Waals surface area contributed by atoms with Crippen molar-refractivity contribution in [3.05, 3.63) is 104 Å². The van der Waals surface area contributed by atoms with E-state index in [2.05, 4.69) is 10.3 Å². The Bertz CT molecular complexity index is 1510. The average Bonchev–Trinajstić information content (AvgIpc) is 3.30. The minimum atomic E-state index is -0.720. The summed E-state index contributed by atoms with van der Waals surface area (Å²) < 4.78 is 28.8. The topological polar surface area (TPSA) is 83.8 Å². The Morgan fingerprint density at radius 2 is 1.91 bits per heavy atom. The van der Waals surface area contributed by atoms with Gasteiger partial charge in [-0.3, -0.25) is 18.8 Å². The molecule has 1 aliphatic heterocycles. The SMILES string of the molecule is C[C@@H](NC(=O)c1cccc2c1CN(C(=O)c1cc(=O)nc3sccn13)CC2)c1cc(F)cc(F)c1. The molecule has 35 heavy (non-hydrogen) atoms. The van der Waals surface area contributed by atoms with Gasteiger partial charge in [-0.1, -0.05) is 12.1 Å². The molecule has 0 aliphatic carbocycles. The molecule has 1 N–H and O–H groups in total. The second-order valence-corrected chi connectivity index (χ2v) is 9.23. The summed E-state index contributed by atoms with van der Waals surface area (Å²) in [5.41, 5.74) is 2.06. The van der Waals surface area contributed by atoms with Gasteiger partial charge in [0.15, 0.2) is 4.96 Å². The van der Waals surface area contributed by atoms with E-state index >= 15 is 0 Å². The van der Waals surface area contributed by atoms with Crippen molar-refractivity contribution in [2.45, 2.75) is 25.9 Å². The second-order valence-electron chi connectivity index (χ2n) is 8.35. The third-order valence-corrected chi connectivity index (χ3v) is 6.83. The van der Waals surface area contributed by atoms with E-state index in [9.17, 15) is 23.2 Å². The maximum Gasteiger partial charge on any atom is 0.274 e. The largest absolute Gasteiger partial charge is 0.346 e. The van der Waals surface area contributed by atoms with Crippen molar-refractivity contribution >= 4 is 28.1 Å². The van der Waals surface area contributed by atoms with Crippen molar-refractivity contribution in [2.75, 3.05) is 6.54 Å². The van der Waals surface area contributed by atoms with Crippen molar-refractivity contribution < 1.29 is 18.4 Å². The molecule has 2 aromatic carbocycles. The molecule has 5 rings (SSSR count). The van der Waals surface area contributed by atoms with Crippen molar-refractivity contribution in [3.63, 3.8) is 0 Å². The lowest BCUT2D eigenvalue weighted by molar-refractivity contribution is 0.0723. The highest BCUT2D eigenvalue weighted by atomic mass is 32.1. The van der Waals surface area contributed by atoms with Crippen molar-refractivity contribution in [3.8, 4) is 0 Å². The van der Waals surface area contributed by atoms with Crippen LogP contribution in [0, 0.1) is 11.6 Å². The summed E-state index contributed by atoms with van der Waals surface area (Å²) in [5, 5.41) is 4.54. The third-order valence-electron chi connectivity index (χ3n) is 6.07. The van der Waals surface area contributed by atoms with Gasteiger partial charge in [0.2, 0.25) is 0 Å². The lowest BCUT2D eigenvalue weighted by Crippen LogP contribution is -2.39. The molecule has 7 nitrogen and oxygen atoms in total. The standard InChI is InChI=1S/C25H20F2N4O3S/c1-14(16-9-17(26)11-18(27)10-16)28-23(33)19-4-2-3-15-5-6-30(13-20(15)19)24(34)21-12-22(32)29-25-31(21)7-8-35-25/h2-4,7-12,14H,5-6,13H2,1H3,(H,28,33)/t14-/m1/s1. The first kappa shape index (κ1) is 22.9. The number of amides is 2. The summed E-state index contributed by atoms with van der Waals surface area (Å²) >= 11 is 1.26. The second kappa shape index (κ2) is 9.03. The first-order valence-electron chi connectivity index (χ1n) is 10.9. The number of thiazole rings is 1. The zero-order chi connectivity index (χ0) is 24.7. The number of nitrogens with zero attached hydrogens (tertiary/aromatic N) is 3. The zero-order valence-electron chi connectivity index (χ0n) is 18.6. The third kappa shape index (κ3) is 4.44. The number of aromatic nitrogens is 2. The van der Waals surface area contributed by atoms with E-state index in [1.54, 1.807) is 39.9 Å². The molecule has 0 fully saturated rings. The summed E-state index contributed by atoms with van der Waals surface area (Å²) in [4.78, 5) is 44.5. The maximum atomic E-state index is 13.6. The van der Waals surface area contributed by atoms with E-state index in [1.165, 1.54) is 29.5 Å². The van der Waals surface area contributed by atoms with Gasteiger partial charge in [-0.05, 0) is 48.2 Å². The molecule has 0 saturated heterocycles. The fraction of sp³-hybridized carbons (Fsp3) is 0.200. The molecule has 0 unspecified atom stereocenters. The van der Waals surface area contributed by atoms with Crippen LogP contribution in [-0.4, -0.2) is 32.6 Å². The molecule has 1 atom stereocenters.